The molecule has 0 saturated carbocycles. The maximum atomic E-state index is 14.9. The summed E-state index contributed by atoms with van der Waals surface area (Å²) in [5.74, 6) is -5.84. The Balaban J connectivity index is 1.67. The summed E-state index contributed by atoms with van der Waals surface area (Å²) in [7, 11) is 1.15. The Morgan fingerprint density at radius 3 is 1.70 bits per heavy atom. The topological polar surface area (TPSA) is 214 Å². The molecule has 8 atom stereocenters. The van der Waals surface area contributed by atoms with E-state index in [1.54, 1.807) is 0 Å². The predicted octanol–water partition coefficient (Wildman–Crippen LogP) is 1.53. The van der Waals surface area contributed by atoms with Crippen LogP contribution in [0, 0.1) is 0 Å². The number of benzene rings is 2. The van der Waals surface area contributed by atoms with Crippen LogP contribution in [0.15, 0.2) is 36.4 Å². The highest BCUT2D eigenvalue weighted by molar-refractivity contribution is 8.03. The number of carbonyl (C=O) groups excluding carboxylic acids is 5. The van der Waals surface area contributed by atoms with Gasteiger partial charge in [0.05, 0.1) is 49.1 Å². The molecule has 2 aliphatic carbocycles. The number of ether oxygens (including phenoxy) is 3. The van der Waals surface area contributed by atoms with Crippen LogP contribution in [0.5, 0.6) is 11.5 Å². The number of hydrogen-bond acceptors (Lipinski definition) is 14. The Labute approximate surface area is 272 Å². The number of Topliss-reactive ketones (excluding diaryl/α,β-unsaturated/α-hetero) is 4. The fraction of sp³-hybridized carbons (Fsp3) is 0.485. The van der Waals surface area contributed by atoms with Crippen LogP contribution in [0.2, 0.25) is 0 Å². The Morgan fingerprint density at radius 2 is 1.26 bits per heavy atom. The lowest BCUT2D eigenvalue weighted by molar-refractivity contribution is -0.171. The summed E-state index contributed by atoms with van der Waals surface area (Å²) in [6, 6.07) is 7.58. The third kappa shape index (κ3) is 4.25. The van der Waals surface area contributed by atoms with Gasteiger partial charge in [0.15, 0.2) is 22.8 Å². The number of fused-ring (bicyclic) bond motifs is 4. The van der Waals surface area contributed by atoms with Crippen molar-refractivity contribution < 1.29 is 63.7 Å². The second-order valence-electron chi connectivity index (χ2n) is 12.5. The molecular weight excluding hydrogens is 636 g/mol. The summed E-state index contributed by atoms with van der Waals surface area (Å²) in [6.45, 7) is 2.25. The summed E-state index contributed by atoms with van der Waals surface area (Å²) in [5, 5.41) is 56.5. The number of aliphatic hydroxyl groups excluding tert-OH is 1. The molecule has 0 radical (unpaired) electrons. The quantitative estimate of drug-likeness (QED) is 0.276. The van der Waals surface area contributed by atoms with E-state index >= 15 is 0 Å². The van der Waals surface area contributed by atoms with Gasteiger partial charge in [-0.2, -0.15) is 0 Å². The van der Waals surface area contributed by atoms with Crippen LogP contribution in [0.25, 0.3) is 0 Å². The standard InChI is InChI=1S/C33H34O13S/c1-15-32(42)28(40)24-19(6-4-8-21(24)35)26(38)30(32,13-17(45-15)10-11-34)47-31-14-18(12-23(37)44-3)46-16(2)33(31,43)29(41)25-20(27(31)39)7-5-9-22(25)36/h4-9,15-18,34-36,42-43H,10-14H2,1-3H3/t15-,16-,17-,18-,30+,31-,32+,33+/m0/s1. The van der Waals surface area contributed by atoms with Crippen LogP contribution in [0.4, 0.5) is 0 Å². The fourth-order valence-electron chi connectivity index (χ4n) is 7.83. The predicted molar refractivity (Wildman–Crippen MR) is 163 cm³/mol. The number of esters is 1. The minimum atomic E-state index is -2.81. The molecule has 0 aromatic heterocycles. The van der Waals surface area contributed by atoms with Gasteiger partial charge in [-0.15, -0.1) is 11.8 Å². The third-order valence-corrected chi connectivity index (χ3v) is 12.1. The lowest BCUT2D eigenvalue weighted by Crippen LogP contribution is -2.79. The van der Waals surface area contributed by atoms with E-state index in [0.29, 0.717) is 11.8 Å². The monoisotopic (exact) mass is 670 g/mol. The Hall–Kier alpha value is -3.66. The summed E-state index contributed by atoms with van der Waals surface area (Å²) in [5.41, 5.74) is -7.04. The van der Waals surface area contributed by atoms with Crippen molar-refractivity contribution in [2.24, 2.45) is 0 Å². The van der Waals surface area contributed by atoms with Crippen molar-refractivity contribution in [3.05, 3.63) is 58.7 Å². The van der Waals surface area contributed by atoms with Gasteiger partial charge in [0.1, 0.15) is 21.0 Å². The number of hydrogen-bond donors (Lipinski definition) is 5. The van der Waals surface area contributed by atoms with Crippen molar-refractivity contribution in [1.82, 2.24) is 0 Å². The molecule has 13 nitrogen and oxygen atoms in total. The van der Waals surface area contributed by atoms with Crippen molar-refractivity contribution >= 4 is 40.9 Å². The first kappa shape index (κ1) is 33.2. The number of aliphatic hydroxyl groups is 3. The molecular formula is C33H34O13S. The first-order valence-electron chi connectivity index (χ1n) is 15.1. The van der Waals surface area contributed by atoms with E-state index < -0.39 is 123 Å². The van der Waals surface area contributed by atoms with E-state index in [1.807, 2.05) is 0 Å². The van der Waals surface area contributed by atoms with E-state index in [2.05, 4.69) is 0 Å². The lowest BCUT2D eigenvalue weighted by atomic mass is 9.63. The van der Waals surface area contributed by atoms with E-state index in [0.717, 1.165) is 7.11 Å². The molecule has 2 aromatic carbocycles. The molecule has 2 heterocycles. The molecule has 47 heavy (non-hydrogen) atoms. The summed E-state index contributed by atoms with van der Waals surface area (Å²) < 4.78 is 12.0. The summed E-state index contributed by atoms with van der Waals surface area (Å²) >= 11 is 0.442. The second kappa shape index (κ2) is 11.2. The van der Waals surface area contributed by atoms with E-state index in [-0.39, 0.29) is 17.5 Å². The number of phenols is 2. The molecule has 0 spiro atoms. The van der Waals surface area contributed by atoms with Crippen molar-refractivity contribution in [3.63, 3.8) is 0 Å². The molecule has 2 saturated heterocycles. The number of methoxy groups -OCH3 is 1. The molecule has 2 aromatic rings. The van der Waals surface area contributed by atoms with Crippen LogP contribution in [0.3, 0.4) is 0 Å². The summed E-state index contributed by atoms with van der Waals surface area (Å²) in [6.07, 6.45) is -6.55. The number of rotatable bonds is 6. The highest BCUT2D eigenvalue weighted by Gasteiger charge is 2.78. The van der Waals surface area contributed by atoms with Gasteiger partial charge in [0.25, 0.3) is 0 Å². The van der Waals surface area contributed by atoms with Crippen LogP contribution in [-0.4, -0.2) is 113 Å². The molecule has 2 fully saturated rings. The largest absolute Gasteiger partial charge is 0.507 e. The molecule has 0 unspecified atom stereocenters. The maximum Gasteiger partial charge on any atom is 0.308 e. The second-order valence-corrected chi connectivity index (χ2v) is 14.1. The van der Waals surface area contributed by atoms with Gasteiger partial charge in [-0.05, 0) is 45.2 Å². The van der Waals surface area contributed by atoms with Crippen LogP contribution in [0.1, 0.15) is 81.0 Å². The minimum absolute atomic E-state index is 0.0393. The molecule has 6 rings (SSSR count). The van der Waals surface area contributed by atoms with Crippen molar-refractivity contribution in [2.75, 3.05) is 13.7 Å². The smallest absolute Gasteiger partial charge is 0.308 e. The molecule has 14 heteroatoms. The van der Waals surface area contributed by atoms with Gasteiger partial charge in [-0.1, -0.05) is 24.3 Å². The first-order valence-corrected chi connectivity index (χ1v) is 15.9. The number of carbonyl (C=O) groups is 5. The van der Waals surface area contributed by atoms with Gasteiger partial charge < -0.3 is 39.7 Å². The van der Waals surface area contributed by atoms with Gasteiger partial charge in [-0.3, -0.25) is 24.0 Å². The molecule has 4 aliphatic rings. The van der Waals surface area contributed by atoms with Crippen LogP contribution >= 0.6 is 11.8 Å². The Morgan fingerprint density at radius 1 is 0.809 bits per heavy atom. The Kier molecular flexibility index (Phi) is 7.93. The zero-order valence-corrected chi connectivity index (χ0v) is 26.5. The number of thioether (sulfide) groups is 1. The Bertz CT molecular complexity index is 1720. The number of phenolic OH excluding ortho intramolecular Hbond substituents is 2. The number of ketones is 4. The van der Waals surface area contributed by atoms with Gasteiger partial charge in [0, 0.05) is 17.7 Å². The zero-order chi connectivity index (χ0) is 34.3. The van der Waals surface area contributed by atoms with Crippen molar-refractivity contribution in [2.45, 2.75) is 84.6 Å². The highest BCUT2D eigenvalue weighted by atomic mass is 32.2. The van der Waals surface area contributed by atoms with Gasteiger partial charge >= 0.3 is 5.97 Å². The van der Waals surface area contributed by atoms with Gasteiger partial charge in [-0.25, -0.2) is 0 Å². The van der Waals surface area contributed by atoms with Crippen molar-refractivity contribution in [1.29, 1.82) is 0 Å². The van der Waals surface area contributed by atoms with Gasteiger partial charge in [0.2, 0.25) is 11.6 Å². The SMILES string of the molecule is COC(=O)C[C@H]1C[C@]2(S[C@@]34C[C@H](CCO)O[C@@H](C)[C@@]3(O)C(=O)c3c(O)cccc3C4=O)C(=O)c3cccc(O)c3C(=O)[C@]2(O)[C@H](C)O1. The zero-order valence-electron chi connectivity index (χ0n) is 25.7. The fourth-order valence-corrected chi connectivity index (χ4v) is 10.2. The lowest BCUT2D eigenvalue weighted by Gasteiger charge is -2.61. The average Bonchev–Trinajstić information content (AvgIpc) is 3.02. The van der Waals surface area contributed by atoms with Crippen LogP contribution < -0.4 is 0 Å². The van der Waals surface area contributed by atoms with E-state index in [4.69, 9.17) is 14.2 Å². The maximum absolute atomic E-state index is 14.9. The average molecular weight is 671 g/mol. The first-order chi connectivity index (χ1) is 22.1. The van der Waals surface area contributed by atoms with E-state index in [9.17, 15) is 49.5 Å². The molecule has 0 amide bonds. The third-order valence-electron chi connectivity index (χ3n) is 10.1. The molecule has 250 valence electrons. The normalized spacial score (nSPS) is 36.2. The summed E-state index contributed by atoms with van der Waals surface area (Å²) in [4.78, 5) is 71.1. The highest BCUT2D eigenvalue weighted by Crippen LogP contribution is 2.64. The molecule has 2 aliphatic heterocycles. The molecule has 5 N–H and O–H groups in total. The van der Waals surface area contributed by atoms with E-state index in [1.165, 1.54) is 50.2 Å². The molecule has 0 bridgehead atoms. The minimum Gasteiger partial charge on any atom is -0.507 e. The van der Waals surface area contributed by atoms with Crippen molar-refractivity contribution in [3.8, 4) is 11.5 Å². The number of aromatic hydroxyl groups is 2. The van der Waals surface area contributed by atoms with Crippen LogP contribution in [-0.2, 0) is 19.0 Å².